The number of fused-ring (bicyclic) bond motifs is 1. The SMILES string of the molecule is CCCCCCc1ccc(C(=O)N(CC(=O)N(Cc2ccc3c(c2)OCO3)Cc2ccc(C)o2)CC(C)C)cc1. The van der Waals surface area contributed by atoms with Gasteiger partial charge < -0.3 is 23.7 Å². The highest BCUT2D eigenvalue weighted by atomic mass is 16.7. The highest BCUT2D eigenvalue weighted by molar-refractivity contribution is 5.96. The van der Waals surface area contributed by atoms with Crippen molar-refractivity contribution in [1.29, 1.82) is 0 Å². The summed E-state index contributed by atoms with van der Waals surface area (Å²) in [4.78, 5) is 30.8. The fourth-order valence-corrected chi connectivity index (χ4v) is 4.93. The van der Waals surface area contributed by atoms with Crippen molar-refractivity contribution in [3.63, 3.8) is 0 Å². The minimum absolute atomic E-state index is 0.0139. The van der Waals surface area contributed by atoms with Gasteiger partial charge in [-0.2, -0.15) is 0 Å². The Morgan fingerprint density at radius 2 is 1.60 bits per heavy atom. The number of unbranched alkanes of at least 4 members (excludes halogenated alkanes) is 3. The van der Waals surface area contributed by atoms with Crippen molar-refractivity contribution in [1.82, 2.24) is 9.80 Å². The second-order valence-electron chi connectivity index (χ2n) is 11.0. The van der Waals surface area contributed by atoms with E-state index >= 15 is 0 Å². The van der Waals surface area contributed by atoms with Crippen molar-refractivity contribution in [2.24, 2.45) is 5.92 Å². The summed E-state index contributed by atoms with van der Waals surface area (Å²) in [6, 6.07) is 17.3. The lowest BCUT2D eigenvalue weighted by atomic mass is 10.0. The molecule has 2 heterocycles. The van der Waals surface area contributed by atoms with Crippen molar-refractivity contribution in [2.45, 2.75) is 72.9 Å². The standard InChI is InChI=1S/C33H42N2O5/c1-5-6-7-8-9-26-11-14-28(15-12-26)33(37)35(19-24(2)3)22-32(36)34(21-29-16-10-25(4)40-29)20-27-13-17-30-31(18-27)39-23-38-30/h10-18,24H,5-9,19-23H2,1-4H3. The third-order valence-electron chi connectivity index (χ3n) is 7.02. The Morgan fingerprint density at radius 3 is 2.30 bits per heavy atom. The Bertz CT molecular complexity index is 1260. The molecule has 3 aromatic rings. The lowest BCUT2D eigenvalue weighted by Crippen LogP contribution is -2.43. The lowest BCUT2D eigenvalue weighted by molar-refractivity contribution is -0.133. The Labute approximate surface area is 238 Å². The van der Waals surface area contributed by atoms with Gasteiger partial charge in [0.2, 0.25) is 12.7 Å². The maximum Gasteiger partial charge on any atom is 0.254 e. The summed E-state index contributed by atoms with van der Waals surface area (Å²) >= 11 is 0. The van der Waals surface area contributed by atoms with Gasteiger partial charge >= 0.3 is 0 Å². The molecular formula is C33H42N2O5. The van der Waals surface area contributed by atoms with Gasteiger partial charge in [0.1, 0.15) is 18.1 Å². The van der Waals surface area contributed by atoms with Gasteiger partial charge in [0.05, 0.1) is 6.54 Å². The van der Waals surface area contributed by atoms with E-state index in [-0.39, 0.29) is 31.1 Å². The summed E-state index contributed by atoms with van der Waals surface area (Å²) in [7, 11) is 0. The predicted octanol–water partition coefficient (Wildman–Crippen LogP) is 6.77. The molecule has 1 aromatic heterocycles. The molecule has 0 saturated heterocycles. The minimum Gasteiger partial charge on any atom is -0.464 e. The van der Waals surface area contributed by atoms with E-state index in [4.69, 9.17) is 13.9 Å². The normalized spacial score (nSPS) is 12.1. The first-order chi connectivity index (χ1) is 19.3. The molecule has 214 valence electrons. The quantitative estimate of drug-likeness (QED) is 0.209. The van der Waals surface area contributed by atoms with E-state index in [0.29, 0.717) is 42.5 Å². The molecule has 0 unspecified atom stereocenters. The Balaban J connectivity index is 1.48. The Kier molecular flexibility index (Phi) is 10.3. The van der Waals surface area contributed by atoms with E-state index < -0.39 is 0 Å². The molecule has 1 aliphatic heterocycles. The third kappa shape index (κ3) is 8.13. The summed E-state index contributed by atoms with van der Waals surface area (Å²) < 4.78 is 16.8. The number of rotatable bonds is 14. The van der Waals surface area contributed by atoms with Gasteiger partial charge in [-0.15, -0.1) is 0 Å². The van der Waals surface area contributed by atoms with Crippen LogP contribution in [-0.4, -0.2) is 41.5 Å². The van der Waals surface area contributed by atoms with Crippen LogP contribution in [0.1, 0.15) is 79.5 Å². The van der Waals surface area contributed by atoms with Gasteiger partial charge in [-0.05, 0) is 73.2 Å². The number of carbonyl (C=O) groups is 2. The van der Waals surface area contributed by atoms with Crippen LogP contribution >= 0.6 is 0 Å². The number of hydrogen-bond donors (Lipinski definition) is 0. The number of furan rings is 1. The summed E-state index contributed by atoms with van der Waals surface area (Å²) in [6.07, 6.45) is 5.86. The molecule has 0 N–H and O–H groups in total. The van der Waals surface area contributed by atoms with E-state index in [0.717, 1.165) is 24.2 Å². The number of nitrogens with zero attached hydrogens (tertiary/aromatic N) is 2. The highest BCUT2D eigenvalue weighted by Gasteiger charge is 2.25. The molecule has 0 bridgehead atoms. The summed E-state index contributed by atoms with van der Waals surface area (Å²) in [6.45, 7) is 9.53. The van der Waals surface area contributed by atoms with Gasteiger partial charge in [0.15, 0.2) is 11.5 Å². The van der Waals surface area contributed by atoms with Crippen LogP contribution in [0.2, 0.25) is 0 Å². The van der Waals surface area contributed by atoms with Crippen LogP contribution in [0, 0.1) is 12.8 Å². The number of carbonyl (C=O) groups excluding carboxylic acids is 2. The lowest BCUT2D eigenvalue weighted by Gasteiger charge is -2.28. The molecule has 2 aromatic carbocycles. The smallest absolute Gasteiger partial charge is 0.254 e. The van der Waals surface area contributed by atoms with E-state index in [1.165, 1.54) is 24.8 Å². The Hall–Kier alpha value is -3.74. The van der Waals surface area contributed by atoms with E-state index in [1.807, 2.05) is 61.5 Å². The first-order valence-electron chi connectivity index (χ1n) is 14.4. The second kappa shape index (κ2) is 14.1. The molecule has 0 aliphatic carbocycles. The molecule has 7 heteroatoms. The topological polar surface area (TPSA) is 72.2 Å². The number of ether oxygens (including phenoxy) is 2. The van der Waals surface area contributed by atoms with Crippen molar-refractivity contribution in [3.05, 3.63) is 82.8 Å². The van der Waals surface area contributed by atoms with Crippen molar-refractivity contribution in [3.8, 4) is 11.5 Å². The molecule has 1 aliphatic rings. The maximum absolute atomic E-state index is 13.8. The van der Waals surface area contributed by atoms with Crippen LogP contribution in [0.4, 0.5) is 0 Å². The van der Waals surface area contributed by atoms with Gasteiger partial charge in [-0.25, -0.2) is 0 Å². The van der Waals surface area contributed by atoms with Crippen LogP contribution in [0.3, 0.4) is 0 Å². The average molecular weight is 547 g/mol. The summed E-state index contributed by atoms with van der Waals surface area (Å²) in [5, 5.41) is 0. The zero-order valence-electron chi connectivity index (χ0n) is 24.3. The first-order valence-corrected chi connectivity index (χ1v) is 14.4. The number of benzene rings is 2. The van der Waals surface area contributed by atoms with Gasteiger partial charge in [-0.1, -0.05) is 58.2 Å². The molecule has 4 rings (SSSR count). The molecule has 0 fully saturated rings. The van der Waals surface area contributed by atoms with E-state index in [9.17, 15) is 9.59 Å². The predicted molar refractivity (Wildman–Crippen MR) is 155 cm³/mol. The zero-order valence-corrected chi connectivity index (χ0v) is 24.3. The van der Waals surface area contributed by atoms with Crippen LogP contribution in [0.15, 0.2) is 59.0 Å². The summed E-state index contributed by atoms with van der Waals surface area (Å²) in [5.41, 5.74) is 2.76. The van der Waals surface area contributed by atoms with E-state index in [2.05, 4.69) is 20.8 Å². The second-order valence-corrected chi connectivity index (χ2v) is 11.0. The molecule has 0 atom stereocenters. The Morgan fingerprint density at radius 1 is 0.850 bits per heavy atom. The van der Waals surface area contributed by atoms with Crippen LogP contribution in [0.25, 0.3) is 0 Å². The molecule has 7 nitrogen and oxygen atoms in total. The molecule has 0 saturated carbocycles. The van der Waals surface area contributed by atoms with Crippen molar-refractivity contribution in [2.75, 3.05) is 19.9 Å². The van der Waals surface area contributed by atoms with E-state index in [1.54, 1.807) is 9.80 Å². The maximum atomic E-state index is 13.8. The van der Waals surface area contributed by atoms with Gasteiger partial charge in [-0.3, -0.25) is 9.59 Å². The van der Waals surface area contributed by atoms with Gasteiger partial charge in [0.25, 0.3) is 5.91 Å². The van der Waals surface area contributed by atoms with Crippen LogP contribution in [-0.2, 0) is 24.3 Å². The van der Waals surface area contributed by atoms with Crippen LogP contribution < -0.4 is 9.47 Å². The molecule has 0 radical (unpaired) electrons. The fourth-order valence-electron chi connectivity index (χ4n) is 4.93. The molecule has 40 heavy (non-hydrogen) atoms. The van der Waals surface area contributed by atoms with Crippen molar-refractivity contribution < 1.29 is 23.5 Å². The molecular weight excluding hydrogens is 504 g/mol. The number of amides is 2. The first kappa shape index (κ1) is 29.2. The molecule has 2 amide bonds. The van der Waals surface area contributed by atoms with Crippen molar-refractivity contribution >= 4 is 11.8 Å². The third-order valence-corrected chi connectivity index (χ3v) is 7.02. The monoisotopic (exact) mass is 546 g/mol. The number of aryl methyl sites for hydroxylation is 2. The summed E-state index contributed by atoms with van der Waals surface area (Å²) in [5.74, 6) is 2.79. The highest BCUT2D eigenvalue weighted by Crippen LogP contribution is 2.33. The minimum atomic E-state index is -0.145. The zero-order chi connectivity index (χ0) is 28.5. The fraction of sp³-hybridized carbons (Fsp3) is 0.455. The largest absolute Gasteiger partial charge is 0.464 e. The average Bonchev–Trinajstić information content (AvgIpc) is 3.58. The molecule has 0 spiro atoms. The number of hydrogen-bond acceptors (Lipinski definition) is 5. The van der Waals surface area contributed by atoms with Gasteiger partial charge in [0, 0.05) is 18.7 Å². The van der Waals surface area contributed by atoms with Crippen LogP contribution in [0.5, 0.6) is 11.5 Å².